The molecule has 17 heavy (non-hydrogen) atoms. The zero-order valence-electron chi connectivity index (χ0n) is 11.8. The van der Waals surface area contributed by atoms with Gasteiger partial charge in [0.25, 0.3) is 0 Å². The van der Waals surface area contributed by atoms with Crippen LogP contribution in [-0.2, 0) is 4.74 Å². The van der Waals surface area contributed by atoms with Crippen LogP contribution >= 0.6 is 0 Å². The quantitative estimate of drug-likeness (QED) is 0.802. The molecular formula is C14H28N2O. The van der Waals surface area contributed by atoms with Crippen molar-refractivity contribution in [2.45, 2.75) is 64.2 Å². The first-order valence-corrected chi connectivity index (χ1v) is 7.00. The zero-order chi connectivity index (χ0) is 12.7. The van der Waals surface area contributed by atoms with Crippen molar-refractivity contribution in [2.75, 3.05) is 19.6 Å². The van der Waals surface area contributed by atoms with Crippen LogP contribution < -0.4 is 5.73 Å². The van der Waals surface area contributed by atoms with Gasteiger partial charge in [-0.2, -0.15) is 0 Å². The summed E-state index contributed by atoms with van der Waals surface area (Å²) in [5.74, 6) is 0.819. The maximum atomic E-state index is 6.11. The summed E-state index contributed by atoms with van der Waals surface area (Å²) in [5.41, 5.74) is 6.32. The van der Waals surface area contributed by atoms with Crippen LogP contribution in [0, 0.1) is 5.92 Å². The Hall–Kier alpha value is -0.120. The van der Waals surface area contributed by atoms with Gasteiger partial charge in [0.15, 0.2) is 0 Å². The second-order valence-electron chi connectivity index (χ2n) is 6.85. The highest BCUT2D eigenvalue weighted by Crippen LogP contribution is 2.40. The Morgan fingerprint density at radius 2 is 2.06 bits per heavy atom. The molecule has 2 fully saturated rings. The Bertz CT molecular complexity index is 279. The second-order valence-corrected chi connectivity index (χ2v) is 6.85. The van der Waals surface area contributed by atoms with E-state index in [0.29, 0.717) is 6.10 Å². The highest BCUT2D eigenvalue weighted by Gasteiger charge is 2.45. The van der Waals surface area contributed by atoms with E-state index in [0.717, 1.165) is 25.6 Å². The van der Waals surface area contributed by atoms with Crippen molar-refractivity contribution >= 4 is 0 Å². The molecule has 3 nitrogen and oxygen atoms in total. The number of rotatable bonds is 2. The van der Waals surface area contributed by atoms with Gasteiger partial charge in [-0.3, -0.25) is 4.90 Å². The van der Waals surface area contributed by atoms with Gasteiger partial charge in [-0.15, -0.1) is 0 Å². The molecule has 0 radical (unpaired) electrons. The molecule has 0 bridgehead atoms. The number of hydrogen-bond acceptors (Lipinski definition) is 3. The van der Waals surface area contributed by atoms with Crippen LogP contribution in [0.5, 0.6) is 0 Å². The molecule has 1 aliphatic heterocycles. The average molecular weight is 240 g/mol. The Morgan fingerprint density at radius 3 is 2.53 bits per heavy atom. The molecule has 3 atom stereocenters. The largest absolute Gasteiger partial charge is 0.370 e. The first-order chi connectivity index (χ1) is 7.87. The predicted octanol–water partition coefficient (Wildman–Crippen LogP) is 2.00. The van der Waals surface area contributed by atoms with Gasteiger partial charge < -0.3 is 10.5 Å². The molecular weight excluding hydrogens is 212 g/mol. The zero-order valence-corrected chi connectivity index (χ0v) is 11.8. The molecule has 1 saturated carbocycles. The maximum absolute atomic E-state index is 6.11. The van der Waals surface area contributed by atoms with E-state index in [2.05, 4.69) is 32.6 Å². The van der Waals surface area contributed by atoms with E-state index >= 15 is 0 Å². The van der Waals surface area contributed by atoms with E-state index in [1.54, 1.807) is 0 Å². The molecule has 2 aliphatic rings. The number of morpholine rings is 1. The van der Waals surface area contributed by atoms with Crippen LogP contribution in [-0.4, -0.2) is 41.8 Å². The Morgan fingerprint density at radius 1 is 1.35 bits per heavy atom. The van der Waals surface area contributed by atoms with Crippen LogP contribution in [0.2, 0.25) is 0 Å². The minimum atomic E-state index is -0.0360. The summed E-state index contributed by atoms with van der Waals surface area (Å²) in [6.07, 6.45) is 4.15. The number of nitrogens with zero attached hydrogens (tertiary/aromatic N) is 1. The summed E-state index contributed by atoms with van der Waals surface area (Å²) in [5, 5.41) is 0. The highest BCUT2D eigenvalue weighted by molar-refractivity contribution is 5.01. The minimum Gasteiger partial charge on any atom is -0.370 e. The molecule has 2 N–H and O–H groups in total. The van der Waals surface area contributed by atoms with E-state index in [1.165, 1.54) is 19.3 Å². The van der Waals surface area contributed by atoms with Crippen LogP contribution in [0.1, 0.15) is 47.0 Å². The summed E-state index contributed by atoms with van der Waals surface area (Å²) in [4.78, 5) is 2.62. The molecule has 2 rings (SSSR count). The number of nitrogens with two attached hydrogens (primary N) is 1. The smallest absolute Gasteiger partial charge is 0.0757 e. The molecule has 0 aromatic heterocycles. The topological polar surface area (TPSA) is 38.5 Å². The Balaban J connectivity index is 2.14. The normalized spacial score (nSPS) is 42.9. The third-order valence-corrected chi connectivity index (χ3v) is 4.45. The molecule has 1 saturated heterocycles. The fourth-order valence-electron chi connectivity index (χ4n) is 3.78. The van der Waals surface area contributed by atoms with Crippen LogP contribution in [0.25, 0.3) is 0 Å². The van der Waals surface area contributed by atoms with Gasteiger partial charge in [-0.25, -0.2) is 0 Å². The van der Waals surface area contributed by atoms with Gasteiger partial charge >= 0.3 is 0 Å². The number of hydrogen-bond donors (Lipinski definition) is 1. The van der Waals surface area contributed by atoms with Crippen molar-refractivity contribution in [3.05, 3.63) is 0 Å². The fraction of sp³-hybridized carbons (Fsp3) is 1.00. The average Bonchev–Trinajstić information content (AvgIpc) is 2.58. The van der Waals surface area contributed by atoms with Crippen molar-refractivity contribution in [2.24, 2.45) is 11.7 Å². The molecule has 0 amide bonds. The van der Waals surface area contributed by atoms with E-state index in [-0.39, 0.29) is 11.1 Å². The second kappa shape index (κ2) is 4.52. The first kappa shape index (κ1) is 13.3. The van der Waals surface area contributed by atoms with Gasteiger partial charge in [-0.1, -0.05) is 6.92 Å². The van der Waals surface area contributed by atoms with Crippen molar-refractivity contribution < 1.29 is 4.74 Å². The molecule has 0 spiro atoms. The summed E-state index contributed by atoms with van der Waals surface area (Å²) in [7, 11) is 0. The van der Waals surface area contributed by atoms with Gasteiger partial charge in [-0.05, 0) is 46.0 Å². The molecule has 0 aromatic carbocycles. The summed E-state index contributed by atoms with van der Waals surface area (Å²) < 4.78 is 6.00. The lowest BCUT2D eigenvalue weighted by molar-refractivity contribution is -0.152. The van der Waals surface area contributed by atoms with E-state index in [1.807, 2.05) is 0 Å². The Kier molecular flexibility index (Phi) is 3.54. The fourth-order valence-corrected chi connectivity index (χ4v) is 3.78. The van der Waals surface area contributed by atoms with Crippen LogP contribution in [0.15, 0.2) is 0 Å². The molecule has 100 valence electrons. The highest BCUT2D eigenvalue weighted by atomic mass is 16.5. The van der Waals surface area contributed by atoms with Crippen molar-refractivity contribution in [3.8, 4) is 0 Å². The molecule has 0 aromatic rings. The third-order valence-electron chi connectivity index (χ3n) is 4.45. The molecule has 1 heterocycles. The molecule has 3 unspecified atom stereocenters. The summed E-state index contributed by atoms with van der Waals surface area (Å²) in [6, 6.07) is 0. The minimum absolute atomic E-state index is 0.0360. The summed E-state index contributed by atoms with van der Waals surface area (Å²) in [6.45, 7) is 11.8. The third kappa shape index (κ3) is 2.67. The molecule has 1 aliphatic carbocycles. The van der Waals surface area contributed by atoms with Gasteiger partial charge in [0, 0.05) is 25.2 Å². The van der Waals surface area contributed by atoms with Gasteiger partial charge in [0.2, 0.25) is 0 Å². The lowest BCUT2D eigenvalue weighted by Crippen LogP contribution is -2.62. The van der Waals surface area contributed by atoms with E-state index in [4.69, 9.17) is 10.5 Å². The maximum Gasteiger partial charge on any atom is 0.0757 e. The lowest BCUT2D eigenvalue weighted by atomic mass is 9.90. The molecule has 3 heteroatoms. The van der Waals surface area contributed by atoms with Gasteiger partial charge in [0.1, 0.15) is 0 Å². The Labute approximate surface area is 106 Å². The van der Waals surface area contributed by atoms with Crippen molar-refractivity contribution in [1.82, 2.24) is 4.90 Å². The monoisotopic (exact) mass is 240 g/mol. The van der Waals surface area contributed by atoms with E-state index < -0.39 is 0 Å². The first-order valence-electron chi connectivity index (χ1n) is 7.00. The van der Waals surface area contributed by atoms with E-state index in [9.17, 15) is 0 Å². The SMILES string of the molecule is CC1CCC(CN)(N2CC(C)OC(C)(C)C2)C1. The van der Waals surface area contributed by atoms with Crippen molar-refractivity contribution in [1.29, 1.82) is 0 Å². The van der Waals surface area contributed by atoms with Crippen LogP contribution in [0.3, 0.4) is 0 Å². The van der Waals surface area contributed by atoms with Crippen molar-refractivity contribution in [3.63, 3.8) is 0 Å². The lowest BCUT2D eigenvalue weighted by Gasteiger charge is -2.50. The van der Waals surface area contributed by atoms with Crippen LogP contribution in [0.4, 0.5) is 0 Å². The number of ether oxygens (including phenoxy) is 1. The standard InChI is InChI=1S/C14H28N2O/c1-11-5-6-14(7-11,9-15)16-8-12(2)17-13(3,4)10-16/h11-12H,5-10,15H2,1-4H3. The van der Waals surface area contributed by atoms with Gasteiger partial charge in [0.05, 0.1) is 11.7 Å². The predicted molar refractivity (Wildman–Crippen MR) is 71.0 cm³/mol. The summed E-state index contributed by atoms with van der Waals surface area (Å²) >= 11 is 0.